The van der Waals surface area contributed by atoms with Gasteiger partial charge < -0.3 is 178 Å². The van der Waals surface area contributed by atoms with Crippen LogP contribution in [0.25, 0.3) is 0 Å². The van der Waals surface area contributed by atoms with E-state index >= 15 is 0 Å². The Morgan fingerprint density at radius 2 is 0.743 bits per heavy atom. The van der Waals surface area contributed by atoms with Gasteiger partial charge in [-0.25, -0.2) is 8.42 Å². The van der Waals surface area contributed by atoms with Crippen molar-refractivity contribution in [2.24, 2.45) is 40.4 Å². The van der Waals surface area contributed by atoms with Gasteiger partial charge in [-0.05, 0) is 126 Å². The van der Waals surface area contributed by atoms with Gasteiger partial charge in [0.25, 0.3) is 0 Å². The molecule has 21 saturated heterocycles. The smallest absolute Gasteiger partial charge is 0.748 e. The third-order valence-corrected chi connectivity index (χ3v) is 26.0. The molecule has 21 aliphatic heterocycles. The molecule has 626 valence electrons. The molecule has 25 aliphatic rings. The fourth-order valence-corrected chi connectivity index (χ4v) is 19.7. The summed E-state index contributed by atoms with van der Waals surface area (Å²) in [6.07, 6.45) is -58.7. The molecule has 25 fully saturated rings. The molecule has 0 aromatic rings. The zero-order valence-corrected chi connectivity index (χ0v) is 64.5. The van der Waals surface area contributed by atoms with Gasteiger partial charge in [0.1, 0.15) is 171 Å². The second-order valence-corrected chi connectivity index (χ2v) is 33.7. The van der Waals surface area contributed by atoms with Gasteiger partial charge in [0, 0.05) is 18.3 Å². The fourth-order valence-electron chi connectivity index (χ4n) is 19.2. The normalized spacial score (nSPS) is 52.6. The number of hydrogen-bond donors (Lipinski definition) is 20. The minimum absolute atomic E-state index is 0. The molecule has 0 aromatic heterocycles. The van der Waals surface area contributed by atoms with E-state index < -0.39 is 276 Å². The number of aliphatic hydroxyl groups is 20. The van der Waals surface area contributed by atoms with E-state index in [0.29, 0.717) is 23.0 Å². The second kappa shape index (κ2) is 37.2. The van der Waals surface area contributed by atoms with Gasteiger partial charge in [0.05, 0.1) is 61.5 Å². The van der Waals surface area contributed by atoms with Crippen molar-refractivity contribution in [1.82, 2.24) is 0 Å². The molecule has 4 aliphatic carbocycles. The molecule has 41 heteroatoms. The Morgan fingerprint density at radius 1 is 0.413 bits per heavy atom. The largest absolute Gasteiger partial charge is 1.00 e. The zero-order valence-electron chi connectivity index (χ0n) is 61.6. The fraction of sp³-hybridized carbons (Fsp3) is 0.985. The monoisotopic (exact) mass is 1610 g/mol. The molecule has 21 heterocycles. The van der Waals surface area contributed by atoms with Crippen molar-refractivity contribution in [2.45, 2.75) is 326 Å². The van der Waals surface area contributed by atoms with Crippen LogP contribution in [-0.4, -0.2) is 393 Å². The predicted molar refractivity (Wildman–Crippen MR) is 351 cm³/mol. The Morgan fingerprint density at radius 3 is 1.10 bits per heavy atom. The molecule has 0 radical (unpaired) electrons. The van der Waals surface area contributed by atoms with Gasteiger partial charge in [-0.2, -0.15) is 0 Å². The number of ether oxygens (including phenoxy) is 15. The molecule has 109 heavy (non-hydrogen) atoms. The summed E-state index contributed by atoms with van der Waals surface area (Å²) in [4.78, 5) is 12.2. The summed E-state index contributed by atoms with van der Waals surface area (Å²) in [5, 5.41) is 222. The van der Waals surface area contributed by atoms with Crippen LogP contribution >= 0.6 is 0 Å². The summed E-state index contributed by atoms with van der Waals surface area (Å²) in [6.45, 7) is 4.01. The quantitative estimate of drug-likeness (QED) is 0.0462. The number of Topliss-reactive ketones (excluding diaryl/α,β-unsaturated/α-hetero) is 1. The molecule has 43 atom stereocenters. The van der Waals surface area contributed by atoms with Gasteiger partial charge in [-0.1, -0.05) is 13.8 Å². The summed E-state index contributed by atoms with van der Waals surface area (Å²) in [7, 11) is -4.60. The zero-order chi connectivity index (χ0) is 78.7. The number of rotatable bonds is 13. The molecule has 0 spiro atoms. The number of ketones is 1. The average molecular weight is 1610 g/mol. The minimum Gasteiger partial charge on any atom is -0.748 e. The Balaban J connectivity index is 0.000000425. The molecule has 0 aromatic carbocycles. The number of hydrogen-bond acceptors (Lipinski definition) is 39. The Bertz CT molecular complexity index is 3000. The molecule has 0 unspecified atom stereocenters. The van der Waals surface area contributed by atoms with Crippen LogP contribution < -0.4 is 29.6 Å². The van der Waals surface area contributed by atoms with E-state index in [-0.39, 0.29) is 54.4 Å². The summed E-state index contributed by atoms with van der Waals surface area (Å²) in [5.41, 5.74) is 0.268. The first-order valence-corrected chi connectivity index (χ1v) is 39.0. The first-order chi connectivity index (χ1) is 50.9. The van der Waals surface area contributed by atoms with Crippen LogP contribution in [0.3, 0.4) is 0 Å². The van der Waals surface area contributed by atoms with E-state index in [4.69, 9.17) is 71.1 Å². The van der Waals surface area contributed by atoms with Gasteiger partial charge in [-0.3, -0.25) is 4.79 Å². The van der Waals surface area contributed by atoms with Crippen molar-refractivity contribution >= 4 is 15.9 Å². The Labute approximate surface area is 651 Å². The number of carbonyl (C=O) groups is 1. The molecule has 39 nitrogen and oxygen atoms in total. The molecule has 14 bridgehead atoms. The van der Waals surface area contributed by atoms with E-state index in [2.05, 4.69) is 13.8 Å². The Hall–Kier alpha value is -0.820. The Kier molecular flexibility index (Phi) is 30.9. The van der Waals surface area contributed by atoms with E-state index in [1.165, 1.54) is 45.4 Å². The van der Waals surface area contributed by atoms with E-state index in [9.17, 15) is 120 Å². The maximum atomic E-state index is 12.2. The van der Waals surface area contributed by atoms with Crippen molar-refractivity contribution in [3.63, 3.8) is 0 Å². The maximum Gasteiger partial charge on any atom is 1.00 e. The first kappa shape index (κ1) is 90.5. The second-order valence-electron chi connectivity index (χ2n) is 32.1. The van der Waals surface area contributed by atoms with Crippen molar-refractivity contribution < 1.29 is 221 Å². The van der Waals surface area contributed by atoms with Crippen molar-refractivity contribution in [3.8, 4) is 0 Å². The van der Waals surface area contributed by atoms with Crippen molar-refractivity contribution in [1.29, 1.82) is 0 Å². The summed E-state index contributed by atoms with van der Waals surface area (Å²) < 4.78 is 120. The van der Waals surface area contributed by atoms with Gasteiger partial charge >= 0.3 is 29.6 Å². The topological polar surface area (TPSA) is 617 Å². The molecule has 20 N–H and O–H groups in total. The van der Waals surface area contributed by atoms with E-state index in [0.717, 1.165) is 37.0 Å². The summed E-state index contributed by atoms with van der Waals surface area (Å²) in [6, 6.07) is 0. The molecule has 0 amide bonds. The van der Waals surface area contributed by atoms with E-state index in [1.807, 2.05) is 13.8 Å². The van der Waals surface area contributed by atoms with Crippen LogP contribution in [0, 0.1) is 40.4 Å². The number of unbranched alkanes of at least 4 members (excludes halogenated alkanes) is 1. The van der Waals surface area contributed by atoms with Crippen LogP contribution in [0.15, 0.2) is 0 Å². The summed E-state index contributed by atoms with van der Waals surface area (Å²) >= 11 is 0. The first-order valence-electron chi connectivity index (χ1n) is 37.4. The SMILES string of the molecule is CC(=O)[C@H]1CC[C@H]2[C@@H]3CC[C@H]4C[C@](C)(O)CC[C@]4(C)[C@H]3CC[C@]12C.C[C@H]1O[C@@H]2O[C@H]3[C@H](O)[C@@H](O)[C@@H](O[C@H]4[C@H](O)[C@@H](O)[C@@H](O[C@H]5[C@H](O)[C@@H](O)[C@@H](O[C@H]6[C@H](O)[C@@H](O)[C@@H](O[C@H]7[C@H](O)[C@@H](O)[C@@H](O[C@H]8[C@H](O)[C@@H](O)[C@@H](O[C@H]1[C@H](O)[C@H]2O)O[C@@H]8COCCCCS(=O)(=O)[O-])O[C@@H]7CO)O[C@@H]6CO)O[C@@H]5CO)O[C@@H]4CO)O[C@@H]3CO.[Na+]. The molecular formula is C68H113NaO39S. The standard InChI is InChI=1S/C46H78O37S.C22H36O2.Na/c1-12-33-19(52)26(59)40(70-12)78-34-13(6-47)71-41(27(60)20(34)53)79-35-14(7-48)72-42(28(61)21(35)54)80-36-15(8-49)73-43(29(62)22(36)55)81-37-16(9-50)74-44(30(63)23(37)56)82-38-17(10-51)75-45(31(64)24(38)57)83-39-18(76-46(77-33)32(65)25(39)58)11-69-4-2-3-5-84(66,67)68;1-14(23)17-7-8-18-16-6-5-15-13-20(2,24)11-12-21(15,3)19(16)9-10-22(17,18)4;/h12-65H,2-11H2,1H3,(H,66,67,68);15-19,24H,5-13H2,1-4H3;/q;;+1/p-1/t12-,13-,14-,15-,16-,17-,18-,19-,20-,21-,22-,23-,24-,25-,26-,27-,28-,29-,30-,31-,32-,33-,34-,35-,36-,37-,38-,39-,40-,41-,42-,43-,44-,45-,46-;15-,16-,17+,18-,19-,20+,21-,22+;/m10./s1. The van der Waals surface area contributed by atoms with Crippen molar-refractivity contribution in [2.75, 3.05) is 52.0 Å². The van der Waals surface area contributed by atoms with Crippen LogP contribution in [0.1, 0.15) is 105 Å². The van der Waals surface area contributed by atoms with Crippen molar-refractivity contribution in [3.05, 3.63) is 0 Å². The third-order valence-electron chi connectivity index (χ3n) is 25.2. The molecule has 25 rings (SSSR count). The van der Waals surface area contributed by atoms with Crippen LogP contribution in [0.5, 0.6) is 0 Å². The predicted octanol–water partition coefficient (Wildman–Crippen LogP) is -11.9. The van der Waals surface area contributed by atoms with Crippen LogP contribution in [0.2, 0.25) is 0 Å². The third kappa shape index (κ3) is 18.8. The summed E-state index contributed by atoms with van der Waals surface area (Å²) in [5.74, 6) is 3.15. The van der Waals surface area contributed by atoms with Crippen LogP contribution in [-0.2, 0) is 86.0 Å². The van der Waals surface area contributed by atoms with Gasteiger partial charge in [-0.15, -0.1) is 0 Å². The van der Waals surface area contributed by atoms with Crippen LogP contribution in [0.4, 0.5) is 0 Å². The van der Waals surface area contributed by atoms with E-state index in [1.54, 1.807) is 0 Å². The minimum atomic E-state index is -4.60. The molecular weight excluding hydrogens is 1500 g/mol. The number of fused-ring (bicyclic) bond motifs is 5. The number of aliphatic hydroxyl groups excluding tert-OH is 19. The molecule has 4 saturated carbocycles. The average Bonchev–Trinajstić information content (AvgIpc) is 1.68. The maximum absolute atomic E-state index is 12.2. The van der Waals surface area contributed by atoms with Gasteiger partial charge in [0.2, 0.25) is 0 Å². The number of carbonyl (C=O) groups excluding carboxylic acids is 1. The van der Waals surface area contributed by atoms with Gasteiger partial charge in [0.15, 0.2) is 44.0 Å².